The molecule has 0 bridgehead atoms. The lowest BCUT2D eigenvalue weighted by molar-refractivity contribution is 0.415. The molecule has 0 amide bonds. The van der Waals surface area contributed by atoms with Gasteiger partial charge in [-0.3, -0.25) is 0 Å². The molecule has 1 fully saturated rings. The van der Waals surface area contributed by atoms with E-state index in [2.05, 4.69) is 15.0 Å². The Balaban J connectivity index is 2.01. The number of anilines is 1. The average molecular weight is 284 g/mol. The van der Waals surface area contributed by atoms with E-state index in [0.29, 0.717) is 11.7 Å². The summed E-state index contributed by atoms with van der Waals surface area (Å²) in [6, 6.07) is 7.71. The zero-order valence-electron chi connectivity index (χ0n) is 12.2. The standard InChI is InChI=1S/C16H20N4O/c1-21-13-10-6-5-9-12(13)15-18-14(19-16(17)20-15)11-7-3-2-4-8-11/h5-6,9-11H,2-4,7-8H2,1H3,(H2,17,18,19,20). The number of ether oxygens (including phenoxy) is 1. The zero-order chi connectivity index (χ0) is 14.7. The van der Waals surface area contributed by atoms with Gasteiger partial charge in [-0.2, -0.15) is 9.97 Å². The second-order valence-electron chi connectivity index (χ2n) is 5.41. The number of benzene rings is 1. The van der Waals surface area contributed by atoms with Crippen LogP contribution in [-0.2, 0) is 0 Å². The number of nitrogens with zero attached hydrogens (tertiary/aromatic N) is 3. The van der Waals surface area contributed by atoms with Gasteiger partial charge in [0.15, 0.2) is 5.82 Å². The van der Waals surface area contributed by atoms with Crippen molar-refractivity contribution >= 4 is 5.95 Å². The number of nitrogen functional groups attached to an aromatic ring is 1. The summed E-state index contributed by atoms with van der Waals surface area (Å²) in [5.74, 6) is 2.85. The summed E-state index contributed by atoms with van der Waals surface area (Å²) in [4.78, 5) is 13.3. The van der Waals surface area contributed by atoms with Crippen LogP contribution in [0.4, 0.5) is 5.95 Å². The Kier molecular flexibility index (Phi) is 3.99. The minimum absolute atomic E-state index is 0.284. The van der Waals surface area contributed by atoms with Crippen LogP contribution in [0.2, 0.25) is 0 Å². The van der Waals surface area contributed by atoms with Gasteiger partial charge in [0.1, 0.15) is 11.6 Å². The maximum atomic E-state index is 5.89. The van der Waals surface area contributed by atoms with Crippen LogP contribution in [0.15, 0.2) is 24.3 Å². The first-order valence-corrected chi connectivity index (χ1v) is 7.43. The molecule has 1 aliphatic carbocycles. The predicted molar refractivity (Wildman–Crippen MR) is 82.1 cm³/mol. The fourth-order valence-electron chi connectivity index (χ4n) is 2.90. The quantitative estimate of drug-likeness (QED) is 0.937. The molecule has 0 unspecified atom stereocenters. The van der Waals surface area contributed by atoms with Crippen molar-refractivity contribution in [2.24, 2.45) is 0 Å². The Hall–Kier alpha value is -2.17. The summed E-state index contributed by atoms with van der Waals surface area (Å²) in [7, 11) is 1.64. The molecule has 2 aromatic rings. The third kappa shape index (κ3) is 2.96. The van der Waals surface area contributed by atoms with E-state index in [1.165, 1.54) is 19.3 Å². The van der Waals surface area contributed by atoms with Crippen molar-refractivity contribution in [1.29, 1.82) is 0 Å². The molecule has 0 radical (unpaired) electrons. The minimum Gasteiger partial charge on any atom is -0.496 e. The van der Waals surface area contributed by atoms with Crippen LogP contribution in [0, 0.1) is 0 Å². The highest BCUT2D eigenvalue weighted by molar-refractivity contribution is 5.64. The number of hydrogen-bond donors (Lipinski definition) is 1. The Morgan fingerprint density at radius 3 is 2.57 bits per heavy atom. The molecule has 0 saturated heterocycles. The van der Waals surface area contributed by atoms with Crippen molar-refractivity contribution in [1.82, 2.24) is 15.0 Å². The zero-order valence-corrected chi connectivity index (χ0v) is 12.2. The van der Waals surface area contributed by atoms with E-state index in [-0.39, 0.29) is 5.95 Å². The molecular formula is C16H20N4O. The van der Waals surface area contributed by atoms with Gasteiger partial charge in [0.05, 0.1) is 12.7 Å². The van der Waals surface area contributed by atoms with Crippen LogP contribution in [0.25, 0.3) is 11.4 Å². The van der Waals surface area contributed by atoms with Crippen molar-refractivity contribution in [3.63, 3.8) is 0 Å². The number of nitrogens with two attached hydrogens (primary N) is 1. The number of rotatable bonds is 3. The van der Waals surface area contributed by atoms with Gasteiger partial charge in [-0.15, -0.1) is 0 Å². The summed E-state index contributed by atoms with van der Waals surface area (Å²) >= 11 is 0. The summed E-state index contributed by atoms with van der Waals surface area (Å²) in [5, 5.41) is 0. The Bertz CT molecular complexity index is 623. The maximum Gasteiger partial charge on any atom is 0.223 e. The molecule has 0 atom stereocenters. The molecule has 1 saturated carbocycles. The van der Waals surface area contributed by atoms with Crippen molar-refractivity contribution in [2.75, 3.05) is 12.8 Å². The highest BCUT2D eigenvalue weighted by Crippen LogP contribution is 2.33. The Morgan fingerprint density at radius 1 is 1.05 bits per heavy atom. The Morgan fingerprint density at radius 2 is 1.81 bits per heavy atom. The summed E-state index contributed by atoms with van der Waals surface area (Å²) in [5.41, 5.74) is 6.74. The van der Waals surface area contributed by atoms with E-state index < -0.39 is 0 Å². The van der Waals surface area contributed by atoms with Gasteiger partial charge in [0.25, 0.3) is 0 Å². The van der Waals surface area contributed by atoms with Gasteiger partial charge in [0, 0.05) is 5.92 Å². The first kappa shape index (κ1) is 13.8. The first-order valence-electron chi connectivity index (χ1n) is 7.43. The van der Waals surface area contributed by atoms with Crippen LogP contribution in [0.1, 0.15) is 43.8 Å². The van der Waals surface area contributed by atoms with Crippen molar-refractivity contribution < 1.29 is 4.74 Å². The van der Waals surface area contributed by atoms with Crippen molar-refractivity contribution in [3.05, 3.63) is 30.1 Å². The monoisotopic (exact) mass is 284 g/mol. The van der Waals surface area contributed by atoms with Gasteiger partial charge < -0.3 is 10.5 Å². The van der Waals surface area contributed by atoms with Gasteiger partial charge in [-0.25, -0.2) is 4.98 Å². The molecule has 5 nitrogen and oxygen atoms in total. The minimum atomic E-state index is 0.284. The van der Waals surface area contributed by atoms with Crippen LogP contribution in [0.3, 0.4) is 0 Å². The third-order valence-electron chi connectivity index (χ3n) is 3.99. The maximum absolute atomic E-state index is 5.89. The number of hydrogen-bond acceptors (Lipinski definition) is 5. The fourth-order valence-corrected chi connectivity index (χ4v) is 2.90. The molecular weight excluding hydrogens is 264 g/mol. The lowest BCUT2D eigenvalue weighted by atomic mass is 9.89. The molecule has 0 aliphatic heterocycles. The van der Waals surface area contributed by atoms with Crippen molar-refractivity contribution in [2.45, 2.75) is 38.0 Å². The summed E-state index contributed by atoms with van der Waals surface area (Å²) in [6.07, 6.45) is 6.04. The highest BCUT2D eigenvalue weighted by Gasteiger charge is 2.20. The Labute approximate surface area is 124 Å². The molecule has 1 aliphatic rings. The lowest BCUT2D eigenvalue weighted by Gasteiger charge is -2.20. The molecule has 5 heteroatoms. The third-order valence-corrected chi connectivity index (χ3v) is 3.99. The molecule has 21 heavy (non-hydrogen) atoms. The van der Waals surface area contributed by atoms with E-state index in [1.807, 2.05) is 24.3 Å². The molecule has 0 spiro atoms. The fraction of sp³-hybridized carbons (Fsp3) is 0.438. The number of methoxy groups -OCH3 is 1. The first-order chi connectivity index (χ1) is 10.3. The van der Waals surface area contributed by atoms with Crippen LogP contribution < -0.4 is 10.5 Å². The topological polar surface area (TPSA) is 73.9 Å². The molecule has 2 N–H and O–H groups in total. The molecule has 1 aromatic heterocycles. The largest absolute Gasteiger partial charge is 0.496 e. The van der Waals surface area contributed by atoms with E-state index in [0.717, 1.165) is 30.0 Å². The van der Waals surface area contributed by atoms with Crippen LogP contribution >= 0.6 is 0 Å². The van der Waals surface area contributed by atoms with Gasteiger partial charge in [-0.05, 0) is 25.0 Å². The highest BCUT2D eigenvalue weighted by atomic mass is 16.5. The molecule has 1 aromatic carbocycles. The smallest absolute Gasteiger partial charge is 0.223 e. The SMILES string of the molecule is COc1ccccc1-c1nc(N)nc(C2CCCCC2)n1. The lowest BCUT2D eigenvalue weighted by Crippen LogP contribution is -2.12. The predicted octanol–water partition coefficient (Wildman–Crippen LogP) is 3.18. The van der Waals surface area contributed by atoms with Gasteiger partial charge in [-0.1, -0.05) is 31.4 Å². The van der Waals surface area contributed by atoms with E-state index in [9.17, 15) is 0 Å². The summed E-state index contributed by atoms with van der Waals surface area (Å²) in [6.45, 7) is 0. The van der Waals surface area contributed by atoms with Crippen LogP contribution in [0.5, 0.6) is 5.75 Å². The van der Waals surface area contributed by atoms with Crippen LogP contribution in [-0.4, -0.2) is 22.1 Å². The molecule has 110 valence electrons. The molecule has 3 rings (SSSR count). The number of aromatic nitrogens is 3. The van der Waals surface area contributed by atoms with E-state index >= 15 is 0 Å². The average Bonchev–Trinajstić information content (AvgIpc) is 2.55. The van der Waals surface area contributed by atoms with Crippen molar-refractivity contribution in [3.8, 4) is 17.1 Å². The normalized spacial score (nSPS) is 15.9. The number of para-hydroxylation sites is 1. The van der Waals surface area contributed by atoms with Gasteiger partial charge in [0.2, 0.25) is 5.95 Å². The van der Waals surface area contributed by atoms with Gasteiger partial charge >= 0.3 is 0 Å². The van der Waals surface area contributed by atoms with E-state index in [1.54, 1.807) is 7.11 Å². The second kappa shape index (κ2) is 6.08. The second-order valence-corrected chi connectivity index (χ2v) is 5.41. The summed E-state index contributed by atoms with van der Waals surface area (Å²) < 4.78 is 5.38. The van der Waals surface area contributed by atoms with E-state index in [4.69, 9.17) is 10.5 Å². The molecule has 1 heterocycles.